The Morgan fingerprint density at radius 2 is 2.38 bits per heavy atom. The Hall–Kier alpha value is -0.600. The molecular formula is C8H14N2O2S. The topological polar surface area (TPSA) is 70.0 Å². The van der Waals surface area contributed by atoms with E-state index < -0.39 is 9.84 Å². The summed E-state index contributed by atoms with van der Waals surface area (Å²) in [5.41, 5.74) is 0. The van der Waals surface area contributed by atoms with Crippen LogP contribution in [0.1, 0.15) is 13.3 Å². The molecule has 1 saturated heterocycles. The van der Waals surface area contributed by atoms with Gasteiger partial charge in [-0.15, -0.1) is 0 Å². The van der Waals surface area contributed by atoms with Gasteiger partial charge in [0.25, 0.3) is 0 Å². The first-order valence-corrected chi connectivity index (χ1v) is 6.19. The molecule has 74 valence electrons. The number of sulfone groups is 1. The molecule has 0 amide bonds. The monoisotopic (exact) mass is 202 g/mol. The van der Waals surface area contributed by atoms with Crippen molar-refractivity contribution in [2.45, 2.75) is 19.4 Å². The van der Waals surface area contributed by atoms with E-state index in [0.29, 0.717) is 13.0 Å². The molecule has 13 heavy (non-hydrogen) atoms. The molecule has 1 aliphatic rings. The van der Waals surface area contributed by atoms with Gasteiger partial charge in [-0.05, 0) is 13.3 Å². The third-order valence-electron chi connectivity index (χ3n) is 2.17. The Balaban J connectivity index is 2.30. The fourth-order valence-electron chi connectivity index (χ4n) is 1.35. The van der Waals surface area contributed by atoms with Crippen molar-refractivity contribution in [2.24, 2.45) is 5.92 Å². The summed E-state index contributed by atoms with van der Waals surface area (Å²) >= 11 is 0. The van der Waals surface area contributed by atoms with Gasteiger partial charge in [0.1, 0.15) is 0 Å². The number of nitriles is 1. The third-order valence-corrected chi connectivity index (χ3v) is 3.93. The standard InChI is InChI=1S/C8H14N2O2S/c1-7(4-9)5-10-8-2-3-13(11,12)6-8/h7-8,10H,2-3,5-6H2,1H3. The van der Waals surface area contributed by atoms with Crippen LogP contribution >= 0.6 is 0 Å². The lowest BCUT2D eigenvalue weighted by molar-refractivity contribution is 0.516. The minimum absolute atomic E-state index is 0.0525. The second kappa shape index (κ2) is 4.07. The SMILES string of the molecule is CC(C#N)CNC1CCS(=O)(=O)C1. The Morgan fingerprint density at radius 1 is 1.69 bits per heavy atom. The van der Waals surface area contributed by atoms with Crippen LogP contribution in [0, 0.1) is 17.2 Å². The van der Waals surface area contributed by atoms with E-state index in [-0.39, 0.29) is 23.5 Å². The van der Waals surface area contributed by atoms with E-state index in [1.54, 1.807) is 0 Å². The second-order valence-electron chi connectivity index (χ2n) is 3.54. The van der Waals surface area contributed by atoms with E-state index in [1.165, 1.54) is 0 Å². The van der Waals surface area contributed by atoms with Gasteiger partial charge in [0, 0.05) is 12.6 Å². The summed E-state index contributed by atoms with van der Waals surface area (Å²) in [6.45, 7) is 2.40. The quantitative estimate of drug-likeness (QED) is 0.695. The van der Waals surface area contributed by atoms with E-state index >= 15 is 0 Å². The summed E-state index contributed by atoms with van der Waals surface area (Å²) in [5, 5.41) is 11.6. The first-order valence-electron chi connectivity index (χ1n) is 4.37. The molecule has 0 aromatic carbocycles. The van der Waals surface area contributed by atoms with Gasteiger partial charge in [-0.25, -0.2) is 8.42 Å². The molecule has 1 heterocycles. The zero-order chi connectivity index (χ0) is 9.90. The molecule has 5 heteroatoms. The fourth-order valence-corrected chi connectivity index (χ4v) is 3.05. The molecule has 0 aliphatic carbocycles. The van der Waals surface area contributed by atoms with Crippen LogP contribution < -0.4 is 5.32 Å². The summed E-state index contributed by atoms with van der Waals surface area (Å²) in [7, 11) is -2.80. The highest BCUT2D eigenvalue weighted by atomic mass is 32.2. The minimum Gasteiger partial charge on any atom is -0.312 e. The highest BCUT2D eigenvalue weighted by Gasteiger charge is 2.27. The van der Waals surface area contributed by atoms with Crippen molar-refractivity contribution in [3.8, 4) is 6.07 Å². The molecule has 0 bridgehead atoms. The maximum Gasteiger partial charge on any atom is 0.151 e. The number of hydrogen-bond donors (Lipinski definition) is 1. The zero-order valence-corrected chi connectivity index (χ0v) is 8.47. The molecule has 1 aliphatic heterocycles. The maximum atomic E-state index is 11.1. The summed E-state index contributed by atoms with van der Waals surface area (Å²) in [6, 6.07) is 2.15. The smallest absolute Gasteiger partial charge is 0.151 e. The Morgan fingerprint density at radius 3 is 2.85 bits per heavy atom. The van der Waals surface area contributed by atoms with E-state index in [9.17, 15) is 8.42 Å². The number of rotatable bonds is 3. The zero-order valence-electron chi connectivity index (χ0n) is 7.66. The molecule has 0 aromatic heterocycles. The predicted octanol–water partition coefficient (Wildman–Crippen LogP) is -0.0772. The summed E-state index contributed by atoms with van der Waals surface area (Å²) < 4.78 is 22.1. The summed E-state index contributed by atoms with van der Waals surface area (Å²) in [6.07, 6.45) is 0.681. The van der Waals surface area contributed by atoms with Gasteiger partial charge in [0.15, 0.2) is 9.84 Å². The molecule has 1 fully saturated rings. The molecule has 2 atom stereocenters. The van der Waals surface area contributed by atoms with Gasteiger partial charge < -0.3 is 5.32 Å². The molecular weight excluding hydrogens is 188 g/mol. The van der Waals surface area contributed by atoms with E-state index in [1.807, 2.05) is 6.92 Å². The summed E-state index contributed by atoms with van der Waals surface area (Å²) in [4.78, 5) is 0. The first-order chi connectivity index (χ1) is 6.03. The van der Waals surface area contributed by atoms with Crippen molar-refractivity contribution in [1.82, 2.24) is 5.32 Å². The predicted molar refractivity (Wildman–Crippen MR) is 49.8 cm³/mol. The van der Waals surface area contributed by atoms with Crippen LogP contribution in [0.2, 0.25) is 0 Å². The maximum absolute atomic E-state index is 11.1. The molecule has 0 radical (unpaired) electrons. The van der Waals surface area contributed by atoms with Crippen LogP contribution in [-0.4, -0.2) is 32.5 Å². The van der Waals surface area contributed by atoms with Gasteiger partial charge in [-0.1, -0.05) is 0 Å². The lowest BCUT2D eigenvalue weighted by atomic mass is 10.2. The minimum atomic E-state index is -2.80. The van der Waals surface area contributed by atoms with Crippen LogP contribution in [0.4, 0.5) is 0 Å². The van der Waals surface area contributed by atoms with E-state index in [4.69, 9.17) is 5.26 Å². The van der Waals surface area contributed by atoms with Crippen molar-refractivity contribution in [3.63, 3.8) is 0 Å². The van der Waals surface area contributed by atoms with Gasteiger partial charge in [0.2, 0.25) is 0 Å². The molecule has 4 nitrogen and oxygen atoms in total. The summed E-state index contributed by atoms with van der Waals surface area (Å²) in [5.74, 6) is 0.458. The lowest BCUT2D eigenvalue weighted by Crippen LogP contribution is -2.33. The van der Waals surface area contributed by atoms with Gasteiger partial charge in [-0.3, -0.25) is 0 Å². The number of hydrogen-bond acceptors (Lipinski definition) is 4. The molecule has 1 N–H and O–H groups in total. The van der Waals surface area contributed by atoms with Gasteiger partial charge in [0.05, 0.1) is 23.5 Å². The largest absolute Gasteiger partial charge is 0.312 e. The van der Waals surface area contributed by atoms with Crippen LogP contribution in [0.15, 0.2) is 0 Å². The molecule has 0 saturated carbocycles. The Bertz CT molecular complexity index is 305. The van der Waals surface area contributed by atoms with Gasteiger partial charge >= 0.3 is 0 Å². The van der Waals surface area contributed by atoms with Crippen molar-refractivity contribution >= 4 is 9.84 Å². The Labute approximate surface area is 78.9 Å². The molecule has 1 rings (SSSR count). The fraction of sp³-hybridized carbons (Fsp3) is 0.875. The average Bonchev–Trinajstić information content (AvgIpc) is 2.41. The number of nitrogens with one attached hydrogen (secondary N) is 1. The molecule has 2 unspecified atom stereocenters. The van der Waals surface area contributed by atoms with Crippen molar-refractivity contribution < 1.29 is 8.42 Å². The normalized spacial score (nSPS) is 28.2. The van der Waals surface area contributed by atoms with Crippen LogP contribution in [0.25, 0.3) is 0 Å². The van der Waals surface area contributed by atoms with Crippen molar-refractivity contribution in [2.75, 3.05) is 18.1 Å². The van der Waals surface area contributed by atoms with E-state index in [0.717, 1.165) is 0 Å². The number of nitrogens with zero attached hydrogens (tertiary/aromatic N) is 1. The second-order valence-corrected chi connectivity index (χ2v) is 5.77. The lowest BCUT2D eigenvalue weighted by Gasteiger charge is -2.10. The van der Waals surface area contributed by atoms with Crippen LogP contribution in [0.3, 0.4) is 0 Å². The average molecular weight is 202 g/mol. The highest BCUT2D eigenvalue weighted by Crippen LogP contribution is 2.11. The van der Waals surface area contributed by atoms with Crippen molar-refractivity contribution in [3.05, 3.63) is 0 Å². The van der Waals surface area contributed by atoms with Crippen molar-refractivity contribution in [1.29, 1.82) is 5.26 Å². The third kappa shape index (κ3) is 3.33. The highest BCUT2D eigenvalue weighted by molar-refractivity contribution is 7.91. The van der Waals surface area contributed by atoms with Crippen LogP contribution in [-0.2, 0) is 9.84 Å². The Kier molecular flexibility index (Phi) is 3.28. The molecule has 0 aromatic rings. The first kappa shape index (κ1) is 10.5. The van der Waals surface area contributed by atoms with Crippen LogP contribution in [0.5, 0.6) is 0 Å². The molecule has 0 spiro atoms. The van der Waals surface area contributed by atoms with Gasteiger partial charge in [-0.2, -0.15) is 5.26 Å². The van der Waals surface area contributed by atoms with E-state index in [2.05, 4.69) is 11.4 Å².